The van der Waals surface area contributed by atoms with Gasteiger partial charge in [-0.1, -0.05) is 13.8 Å². The second-order valence-electron chi connectivity index (χ2n) is 5.32. The summed E-state index contributed by atoms with van der Waals surface area (Å²) < 4.78 is 0. The minimum Gasteiger partial charge on any atom is -0.481 e. The molecule has 0 saturated carbocycles. The molecule has 0 radical (unpaired) electrons. The van der Waals surface area contributed by atoms with Crippen LogP contribution in [0.3, 0.4) is 0 Å². The number of nitrogens with zero attached hydrogens (tertiary/aromatic N) is 2. The first-order chi connectivity index (χ1) is 8.54. The third-order valence-corrected chi connectivity index (χ3v) is 4.48. The van der Waals surface area contributed by atoms with Crippen LogP contribution in [0.15, 0.2) is 5.38 Å². The van der Waals surface area contributed by atoms with Gasteiger partial charge >= 0.3 is 5.97 Å². The maximum atomic E-state index is 10.7. The van der Waals surface area contributed by atoms with E-state index in [1.165, 1.54) is 5.01 Å². The van der Waals surface area contributed by atoms with Crippen molar-refractivity contribution in [1.29, 1.82) is 0 Å². The molecule has 0 aliphatic carbocycles. The molecule has 0 spiro atoms. The fraction of sp³-hybridized carbons (Fsp3) is 0.692. The fourth-order valence-electron chi connectivity index (χ4n) is 2.36. The lowest BCUT2D eigenvalue weighted by atomic mass is 10.1. The predicted octanol–water partition coefficient (Wildman–Crippen LogP) is 2.56. The van der Waals surface area contributed by atoms with Crippen molar-refractivity contribution in [3.63, 3.8) is 0 Å². The minimum atomic E-state index is -0.683. The molecular weight excluding hydrogens is 248 g/mol. The van der Waals surface area contributed by atoms with Crippen molar-refractivity contribution >= 4 is 17.3 Å². The largest absolute Gasteiger partial charge is 0.481 e. The Balaban J connectivity index is 1.85. The topological polar surface area (TPSA) is 53.4 Å². The first-order valence-electron chi connectivity index (χ1n) is 6.43. The van der Waals surface area contributed by atoms with Gasteiger partial charge in [-0.3, -0.25) is 9.69 Å². The highest BCUT2D eigenvalue weighted by atomic mass is 32.1. The average molecular weight is 268 g/mol. The summed E-state index contributed by atoms with van der Waals surface area (Å²) in [5.74, 6) is 0.116. The molecule has 5 heteroatoms. The SMILES string of the molecule is CC(C)c1nc(CN2CCC(CC(=O)O)C2)cs1. The average Bonchev–Trinajstić information content (AvgIpc) is 2.88. The summed E-state index contributed by atoms with van der Waals surface area (Å²) in [5.41, 5.74) is 1.12. The number of carboxylic acid groups (broad SMARTS) is 1. The molecule has 1 saturated heterocycles. The van der Waals surface area contributed by atoms with E-state index in [4.69, 9.17) is 5.11 Å². The van der Waals surface area contributed by atoms with Crippen LogP contribution in [-0.2, 0) is 11.3 Å². The van der Waals surface area contributed by atoms with Crippen LogP contribution in [0.5, 0.6) is 0 Å². The van der Waals surface area contributed by atoms with Crippen LogP contribution in [0.4, 0.5) is 0 Å². The lowest BCUT2D eigenvalue weighted by Crippen LogP contribution is -2.21. The van der Waals surface area contributed by atoms with E-state index in [0.717, 1.165) is 31.7 Å². The van der Waals surface area contributed by atoms with E-state index in [0.29, 0.717) is 18.3 Å². The normalized spacial score (nSPS) is 20.7. The van der Waals surface area contributed by atoms with E-state index in [1.54, 1.807) is 11.3 Å². The van der Waals surface area contributed by atoms with Gasteiger partial charge in [-0.25, -0.2) is 4.98 Å². The molecule has 1 aromatic rings. The van der Waals surface area contributed by atoms with Crippen LogP contribution in [0.1, 0.15) is 43.3 Å². The summed E-state index contributed by atoms with van der Waals surface area (Å²) in [6.45, 7) is 7.05. The van der Waals surface area contributed by atoms with Crippen molar-refractivity contribution < 1.29 is 9.90 Å². The van der Waals surface area contributed by atoms with Crippen molar-refractivity contribution in [2.75, 3.05) is 13.1 Å². The number of rotatable bonds is 5. The second kappa shape index (κ2) is 5.80. The van der Waals surface area contributed by atoms with E-state index < -0.39 is 5.97 Å². The molecule has 1 atom stereocenters. The van der Waals surface area contributed by atoms with Gasteiger partial charge in [-0.2, -0.15) is 0 Å². The highest BCUT2D eigenvalue weighted by molar-refractivity contribution is 7.09. The molecule has 1 aliphatic rings. The summed E-state index contributed by atoms with van der Waals surface area (Å²) in [6.07, 6.45) is 1.29. The number of hydrogen-bond donors (Lipinski definition) is 1. The summed E-state index contributed by atoms with van der Waals surface area (Å²) in [5, 5.41) is 12.1. The Kier molecular flexibility index (Phi) is 4.35. The summed E-state index contributed by atoms with van der Waals surface area (Å²) in [4.78, 5) is 17.6. The Hall–Kier alpha value is -0.940. The lowest BCUT2D eigenvalue weighted by Gasteiger charge is -2.13. The van der Waals surface area contributed by atoms with Gasteiger partial charge in [0, 0.05) is 30.8 Å². The van der Waals surface area contributed by atoms with Crippen molar-refractivity contribution in [1.82, 2.24) is 9.88 Å². The van der Waals surface area contributed by atoms with Crippen LogP contribution in [0.25, 0.3) is 0 Å². The maximum absolute atomic E-state index is 10.7. The number of hydrogen-bond acceptors (Lipinski definition) is 4. The Labute approximate surface area is 112 Å². The van der Waals surface area contributed by atoms with E-state index >= 15 is 0 Å². The Morgan fingerprint density at radius 1 is 1.67 bits per heavy atom. The molecule has 18 heavy (non-hydrogen) atoms. The smallest absolute Gasteiger partial charge is 0.303 e. The monoisotopic (exact) mass is 268 g/mol. The zero-order chi connectivity index (χ0) is 13.1. The number of carboxylic acids is 1. The highest BCUT2D eigenvalue weighted by Gasteiger charge is 2.24. The van der Waals surface area contributed by atoms with Gasteiger partial charge in [-0.05, 0) is 18.9 Å². The third kappa shape index (κ3) is 3.53. The second-order valence-corrected chi connectivity index (χ2v) is 6.21. The summed E-state index contributed by atoms with van der Waals surface area (Å²) >= 11 is 1.72. The first kappa shape index (κ1) is 13.5. The number of likely N-dealkylation sites (tertiary alicyclic amines) is 1. The van der Waals surface area contributed by atoms with Gasteiger partial charge in [0.1, 0.15) is 0 Å². The Morgan fingerprint density at radius 2 is 2.44 bits per heavy atom. The van der Waals surface area contributed by atoms with Crippen LogP contribution >= 0.6 is 11.3 Å². The number of carbonyl (C=O) groups is 1. The fourth-order valence-corrected chi connectivity index (χ4v) is 3.19. The molecule has 2 rings (SSSR count). The molecular formula is C13H20N2O2S. The van der Waals surface area contributed by atoms with E-state index in [2.05, 4.69) is 29.1 Å². The van der Waals surface area contributed by atoms with Crippen molar-refractivity contribution in [2.24, 2.45) is 5.92 Å². The molecule has 4 nitrogen and oxygen atoms in total. The van der Waals surface area contributed by atoms with E-state index in [9.17, 15) is 4.79 Å². The van der Waals surface area contributed by atoms with Gasteiger partial charge in [-0.15, -0.1) is 11.3 Å². The third-order valence-electron chi connectivity index (χ3n) is 3.28. The number of aromatic nitrogens is 1. The molecule has 0 amide bonds. The molecule has 100 valence electrons. The lowest BCUT2D eigenvalue weighted by molar-refractivity contribution is -0.138. The van der Waals surface area contributed by atoms with Gasteiger partial charge in [0.2, 0.25) is 0 Å². The quantitative estimate of drug-likeness (QED) is 0.891. The van der Waals surface area contributed by atoms with E-state index in [1.807, 2.05) is 0 Å². The van der Waals surface area contributed by atoms with Crippen LogP contribution < -0.4 is 0 Å². The van der Waals surface area contributed by atoms with Crippen LogP contribution in [0.2, 0.25) is 0 Å². The molecule has 1 aromatic heterocycles. The van der Waals surface area contributed by atoms with Crippen molar-refractivity contribution in [2.45, 2.75) is 39.2 Å². The molecule has 0 aromatic carbocycles. The van der Waals surface area contributed by atoms with Crippen LogP contribution in [0, 0.1) is 5.92 Å². The zero-order valence-corrected chi connectivity index (χ0v) is 11.7. The standard InChI is InChI=1S/C13H20N2O2S/c1-9(2)13-14-11(8-18-13)7-15-4-3-10(6-15)5-12(16)17/h8-10H,3-7H2,1-2H3,(H,16,17). The summed E-state index contributed by atoms with van der Waals surface area (Å²) in [7, 11) is 0. The predicted molar refractivity (Wildman–Crippen MR) is 71.8 cm³/mol. The van der Waals surface area contributed by atoms with Gasteiger partial charge in [0.05, 0.1) is 10.7 Å². The Morgan fingerprint density at radius 3 is 3.06 bits per heavy atom. The van der Waals surface area contributed by atoms with Crippen molar-refractivity contribution in [3.8, 4) is 0 Å². The van der Waals surface area contributed by atoms with Gasteiger partial charge in [0.25, 0.3) is 0 Å². The number of aliphatic carboxylic acids is 1. The van der Waals surface area contributed by atoms with Gasteiger partial charge < -0.3 is 5.11 Å². The van der Waals surface area contributed by atoms with Crippen molar-refractivity contribution in [3.05, 3.63) is 16.1 Å². The molecule has 0 bridgehead atoms. The highest BCUT2D eigenvalue weighted by Crippen LogP contribution is 2.24. The first-order valence-corrected chi connectivity index (χ1v) is 7.31. The maximum Gasteiger partial charge on any atom is 0.303 e. The molecule has 1 unspecified atom stereocenters. The Bertz CT molecular complexity index is 417. The van der Waals surface area contributed by atoms with Crippen LogP contribution in [-0.4, -0.2) is 34.0 Å². The summed E-state index contributed by atoms with van der Waals surface area (Å²) in [6, 6.07) is 0. The molecule has 1 N–H and O–H groups in total. The zero-order valence-electron chi connectivity index (χ0n) is 10.9. The van der Waals surface area contributed by atoms with Gasteiger partial charge in [0.15, 0.2) is 0 Å². The molecule has 2 heterocycles. The minimum absolute atomic E-state index is 0.296. The number of thiazole rings is 1. The molecule has 1 fully saturated rings. The van der Waals surface area contributed by atoms with E-state index in [-0.39, 0.29) is 0 Å². The molecule has 1 aliphatic heterocycles.